The Labute approximate surface area is 179 Å². The van der Waals surface area contributed by atoms with Gasteiger partial charge in [-0.15, -0.1) is 0 Å². The van der Waals surface area contributed by atoms with Crippen molar-refractivity contribution in [3.8, 4) is 0 Å². The van der Waals surface area contributed by atoms with Crippen LogP contribution in [0.3, 0.4) is 0 Å². The van der Waals surface area contributed by atoms with Crippen LogP contribution in [0.25, 0.3) is 0 Å². The van der Waals surface area contributed by atoms with Gasteiger partial charge in [-0.3, -0.25) is 9.59 Å². The molecule has 0 amide bonds. The number of rotatable bonds is 2. The predicted molar refractivity (Wildman–Crippen MR) is 111 cm³/mol. The van der Waals surface area contributed by atoms with Crippen LogP contribution < -0.4 is 5.11 Å². The fourth-order valence-corrected chi connectivity index (χ4v) is 9.03. The zero-order valence-corrected chi connectivity index (χ0v) is 18.6. The summed E-state index contributed by atoms with van der Waals surface area (Å²) in [6.45, 7) is 8.56. The molecule has 30 heavy (non-hydrogen) atoms. The second kappa shape index (κ2) is 6.17. The molecule has 1 spiro atoms. The second-order valence-electron chi connectivity index (χ2n) is 11.6. The molecule has 0 aromatic heterocycles. The summed E-state index contributed by atoms with van der Waals surface area (Å²) in [7, 11) is 0. The molecule has 4 heteroatoms. The van der Waals surface area contributed by atoms with E-state index in [9.17, 15) is 19.5 Å². The van der Waals surface area contributed by atoms with Crippen molar-refractivity contribution in [2.75, 3.05) is 0 Å². The first-order valence-electron chi connectivity index (χ1n) is 11.8. The van der Waals surface area contributed by atoms with Gasteiger partial charge in [0.05, 0.1) is 0 Å². The topological polar surface area (TPSA) is 74.3 Å². The van der Waals surface area contributed by atoms with E-state index in [1.807, 2.05) is 6.92 Å². The SMILES string of the molecule is CC(C)C1=C[C@]23CC[C@H]4[C@](C)(CCC[C@]4(C)C(=O)[O-])[C@@H]2C[C@H]1[C@@H]1C(=O)C=CC(=O)[C@@H]13. The molecule has 162 valence electrons. The van der Waals surface area contributed by atoms with Crippen molar-refractivity contribution in [3.05, 3.63) is 23.8 Å². The lowest BCUT2D eigenvalue weighted by atomic mass is 9.33. The summed E-state index contributed by atoms with van der Waals surface area (Å²) in [6.07, 6.45) is 10.5. The normalized spacial score (nSPS) is 49.4. The van der Waals surface area contributed by atoms with Gasteiger partial charge >= 0.3 is 0 Å². The van der Waals surface area contributed by atoms with E-state index in [-0.39, 0.29) is 52.0 Å². The minimum Gasteiger partial charge on any atom is -0.550 e. The molecule has 3 fully saturated rings. The van der Waals surface area contributed by atoms with Crippen molar-refractivity contribution in [1.82, 2.24) is 0 Å². The molecule has 0 unspecified atom stereocenters. The van der Waals surface area contributed by atoms with Crippen LogP contribution >= 0.6 is 0 Å². The molecular weight excluding hydrogens is 376 g/mol. The van der Waals surface area contributed by atoms with Gasteiger partial charge in [0.2, 0.25) is 0 Å². The third-order valence-electron chi connectivity index (χ3n) is 10.2. The maximum absolute atomic E-state index is 13.2. The monoisotopic (exact) mass is 409 g/mol. The molecule has 3 saturated carbocycles. The highest BCUT2D eigenvalue weighted by Crippen LogP contribution is 2.73. The number of carbonyl (C=O) groups excluding carboxylic acids is 3. The minimum atomic E-state index is -0.918. The number of carbonyl (C=O) groups is 3. The van der Waals surface area contributed by atoms with Crippen LogP contribution in [0.15, 0.2) is 23.8 Å². The second-order valence-corrected chi connectivity index (χ2v) is 11.6. The Kier molecular flexibility index (Phi) is 4.16. The largest absolute Gasteiger partial charge is 0.550 e. The Morgan fingerprint density at radius 2 is 1.77 bits per heavy atom. The van der Waals surface area contributed by atoms with Crippen molar-refractivity contribution in [2.24, 2.45) is 51.8 Å². The summed E-state index contributed by atoms with van der Waals surface area (Å²) in [5, 5.41) is 12.2. The standard InChI is InChI=1S/C26H34O4/c1-14(2)16-13-26-11-8-19-24(3,9-5-10-25(19,4)23(29)30)20(26)12-15(16)21-17(27)6-7-18(28)22(21)26/h6-7,13-15,19-22H,5,8-12H2,1-4H3,(H,29,30)/p-1/t15-,19+,20+,21-,22+,24+,25+,26-/m1/s1. The summed E-state index contributed by atoms with van der Waals surface area (Å²) in [6, 6.07) is 0. The van der Waals surface area contributed by atoms with Gasteiger partial charge in [0.25, 0.3) is 0 Å². The average Bonchev–Trinajstić information content (AvgIpc) is 2.69. The van der Waals surface area contributed by atoms with Gasteiger partial charge in [0, 0.05) is 28.6 Å². The molecule has 0 N–H and O–H groups in total. The van der Waals surface area contributed by atoms with Crippen LogP contribution in [0, 0.1) is 51.8 Å². The molecule has 2 bridgehead atoms. The van der Waals surface area contributed by atoms with Crippen LogP contribution in [0.1, 0.15) is 66.2 Å². The first-order valence-corrected chi connectivity index (χ1v) is 11.8. The molecule has 0 aliphatic heterocycles. The summed E-state index contributed by atoms with van der Waals surface area (Å²) in [4.78, 5) is 38.4. The number of ketones is 2. The molecule has 4 nitrogen and oxygen atoms in total. The summed E-state index contributed by atoms with van der Waals surface area (Å²) >= 11 is 0. The summed E-state index contributed by atoms with van der Waals surface area (Å²) in [5.41, 5.74) is 0.0930. The molecule has 6 aliphatic rings. The first kappa shape index (κ1) is 20.2. The average molecular weight is 410 g/mol. The van der Waals surface area contributed by atoms with Crippen molar-refractivity contribution < 1.29 is 19.5 Å². The smallest absolute Gasteiger partial charge is 0.160 e. The Hall–Kier alpha value is -1.71. The van der Waals surface area contributed by atoms with Gasteiger partial charge < -0.3 is 9.90 Å². The predicted octanol–water partition coefficient (Wildman–Crippen LogP) is 3.50. The van der Waals surface area contributed by atoms with Crippen molar-refractivity contribution in [3.63, 3.8) is 0 Å². The molecule has 6 aliphatic carbocycles. The number of carboxylic acid groups (broad SMARTS) is 1. The van der Waals surface area contributed by atoms with Crippen molar-refractivity contribution in [1.29, 1.82) is 0 Å². The number of fused-ring (bicyclic) bond motifs is 1. The van der Waals surface area contributed by atoms with E-state index in [1.165, 1.54) is 17.7 Å². The molecule has 6 rings (SSSR count). The maximum atomic E-state index is 13.2. The highest BCUT2D eigenvalue weighted by molar-refractivity contribution is 6.08. The maximum Gasteiger partial charge on any atom is 0.160 e. The van der Waals surface area contributed by atoms with E-state index in [0.717, 1.165) is 32.1 Å². The fourth-order valence-electron chi connectivity index (χ4n) is 9.03. The van der Waals surface area contributed by atoms with Crippen molar-refractivity contribution >= 4 is 17.5 Å². The zero-order chi connectivity index (χ0) is 21.6. The molecule has 0 aromatic rings. The zero-order valence-electron chi connectivity index (χ0n) is 18.6. The number of aliphatic carboxylic acids is 1. The summed E-state index contributed by atoms with van der Waals surface area (Å²) < 4.78 is 0. The van der Waals surface area contributed by atoms with E-state index in [2.05, 4.69) is 26.8 Å². The summed E-state index contributed by atoms with van der Waals surface area (Å²) in [5.74, 6) is -0.412. The lowest BCUT2D eigenvalue weighted by Crippen LogP contribution is -2.67. The van der Waals surface area contributed by atoms with Crippen LogP contribution in [-0.2, 0) is 14.4 Å². The highest BCUT2D eigenvalue weighted by Gasteiger charge is 2.69. The van der Waals surface area contributed by atoms with E-state index < -0.39 is 11.4 Å². The molecule has 8 atom stereocenters. The van der Waals surface area contributed by atoms with Crippen LogP contribution in [0.2, 0.25) is 0 Å². The molecule has 0 radical (unpaired) electrons. The molecule has 0 aromatic carbocycles. The highest BCUT2D eigenvalue weighted by atomic mass is 16.4. The van der Waals surface area contributed by atoms with E-state index in [0.29, 0.717) is 12.3 Å². The Morgan fingerprint density at radius 1 is 1.07 bits per heavy atom. The third-order valence-corrected chi connectivity index (χ3v) is 10.2. The van der Waals surface area contributed by atoms with Gasteiger partial charge in [0.15, 0.2) is 11.6 Å². The van der Waals surface area contributed by atoms with E-state index >= 15 is 0 Å². The minimum absolute atomic E-state index is 0.0676. The van der Waals surface area contributed by atoms with Crippen LogP contribution in [0.5, 0.6) is 0 Å². The van der Waals surface area contributed by atoms with Crippen molar-refractivity contribution in [2.45, 2.75) is 66.2 Å². The molecular formula is C26H33O4-. The Balaban J connectivity index is 1.68. The number of hydrogen-bond acceptors (Lipinski definition) is 4. The molecule has 0 heterocycles. The first-order chi connectivity index (χ1) is 14.1. The third kappa shape index (κ3) is 2.26. The number of hydrogen-bond donors (Lipinski definition) is 0. The van der Waals surface area contributed by atoms with E-state index in [4.69, 9.17) is 0 Å². The number of allylic oxidation sites excluding steroid dienone is 4. The molecule has 0 saturated heterocycles. The van der Waals surface area contributed by atoms with Gasteiger partial charge in [0.1, 0.15) is 0 Å². The fraction of sp³-hybridized carbons (Fsp3) is 0.731. The van der Waals surface area contributed by atoms with Crippen LogP contribution in [-0.4, -0.2) is 17.5 Å². The van der Waals surface area contributed by atoms with Gasteiger partial charge in [-0.1, -0.05) is 45.8 Å². The van der Waals surface area contributed by atoms with Gasteiger partial charge in [-0.2, -0.15) is 0 Å². The van der Waals surface area contributed by atoms with E-state index in [1.54, 1.807) is 0 Å². The van der Waals surface area contributed by atoms with Crippen LogP contribution in [0.4, 0.5) is 0 Å². The van der Waals surface area contributed by atoms with Gasteiger partial charge in [-0.05, 0) is 73.3 Å². The Bertz CT molecular complexity index is 897. The Morgan fingerprint density at radius 3 is 2.43 bits per heavy atom. The van der Waals surface area contributed by atoms with Gasteiger partial charge in [-0.25, -0.2) is 0 Å². The quantitative estimate of drug-likeness (QED) is 0.654. The lowest BCUT2D eigenvalue weighted by Gasteiger charge is -2.70. The number of carboxylic acids is 1. The lowest BCUT2D eigenvalue weighted by molar-refractivity contribution is -0.328.